The molecule has 1 atom stereocenters. The Morgan fingerprint density at radius 1 is 1.00 bits per heavy atom. The zero-order chi connectivity index (χ0) is 14.3. The molecule has 0 heterocycles. The number of rotatable bonds is 5. The Kier molecular flexibility index (Phi) is 6.08. The summed E-state index contributed by atoms with van der Waals surface area (Å²) in [7, 11) is 4.88. The summed E-state index contributed by atoms with van der Waals surface area (Å²) in [5, 5.41) is 0. The van der Waals surface area contributed by atoms with Gasteiger partial charge in [-0.1, -0.05) is 19.9 Å². The smallest absolute Gasteiger partial charge is 0.203 e. The van der Waals surface area contributed by atoms with Gasteiger partial charge in [0, 0.05) is 18.4 Å². The van der Waals surface area contributed by atoms with Crippen LogP contribution < -0.4 is 14.2 Å². The zero-order valence-corrected chi connectivity index (χ0v) is 12.4. The van der Waals surface area contributed by atoms with Crippen LogP contribution in [0, 0.1) is 11.8 Å². The summed E-state index contributed by atoms with van der Waals surface area (Å²) in [5.41, 5.74) is 1.09. The van der Waals surface area contributed by atoms with Crippen molar-refractivity contribution < 1.29 is 14.2 Å². The Morgan fingerprint density at radius 3 is 2.21 bits per heavy atom. The first-order valence-electron chi connectivity index (χ1n) is 6.44. The minimum absolute atomic E-state index is 0.286. The molecule has 3 nitrogen and oxygen atoms in total. The van der Waals surface area contributed by atoms with Crippen LogP contribution in [0.4, 0.5) is 0 Å². The predicted molar refractivity (Wildman–Crippen MR) is 77.2 cm³/mol. The molecular formula is C16H22O3. The topological polar surface area (TPSA) is 27.7 Å². The van der Waals surface area contributed by atoms with E-state index in [1.807, 2.05) is 12.1 Å². The van der Waals surface area contributed by atoms with Crippen molar-refractivity contribution in [1.82, 2.24) is 0 Å². The van der Waals surface area contributed by atoms with Crippen LogP contribution in [0.25, 0.3) is 0 Å². The number of hydrogen-bond acceptors (Lipinski definition) is 3. The highest BCUT2D eigenvalue weighted by Crippen LogP contribution is 2.42. The van der Waals surface area contributed by atoms with Crippen molar-refractivity contribution in [2.75, 3.05) is 21.3 Å². The highest BCUT2D eigenvalue weighted by atomic mass is 16.5. The minimum Gasteiger partial charge on any atom is -0.493 e. The Hall–Kier alpha value is -1.82. The molecule has 104 valence electrons. The van der Waals surface area contributed by atoms with Gasteiger partial charge in [0.25, 0.3) is 0 Å². The summed E-state index contributed by atoms with van der Waals surface area (Å²) in [6, 6.07) is 3.92. The number of hydrogen-bond donors (Lipinski definition) is 0. The molecule has 1 rings (SSSR count). The summed E-state index contributed by atoms with van der Waals surface area (Å²) in [6.45, 7) is 4.18. The third-order valence-electron chi connectivity index (χ3n) is 2.98. The van der Waals surface area contributed by atoms with Crippen LogP contribution in [0.3, 0.4) is 0 Å². The molecule has 0 saturated heterocycles. The van der Waals surface area contributed by atoms with Crippen LogP contribution in [-0.4, -0.2) is 21.3 Å². The lowest BCUT2D eigenvalue weighted by atomic mass is 9.96. The first kappa shape index (κ1) is 15.2. The molecule has 0 amide bonds. The van der Waals surface area contributed by atoms with E-state index in [1.165, 1.54) is 0 Å². The molecule has 1 aromatic rings. The predicted octanol–water partition coefficient (Wildman–Crippen LogP) is 3.62. The van der Waals surface area contributed by atoms with Crippen molar-refractivity contribution in [3.63, 3.8) is 0 Å². The SMILES string of the molecule is CCC#CCC(C)c1ccc(OC)c(OC)c1OC. The van der Waals surface area contributed by atoms with Gasteiger partial charge in [-0.15, -0.1) is 11.8 Å². The highest BCUT2D eigenvalue weighted by molar-refractivity contribution is 5.56. The normalized spacial score (nSPS) is 11.2. The maximum Gasteiger partial charge on any atom is 0.203 e. The molecule has 1 aromatic carbocycles. The maximum atomic E-state index is 5.48. The molecule has 0 spiro atoms. The van der Waals surface area contributed by atoms with E-state index in [1.54, 1.807) is 21.3 Å². The van der Waals surface area contributed by atoms with Crippen molar-refractivity contribution in [1.29, 1.82) is 0 Å². The fourth-order valence-electron chi connectivity index (χ4n) is 1.97. The molecule has 0 bridgehead atoms. The van der Waals surface area contributed by atoms with Gasteiger partial charge in [-0.2, -0.15) is 0 Å². The summed E-state index contributed by atoms with van der Waals surface area (Å²) < 4.78 is 16.2. The lowest BCUT2D eigenvalue weighted by Gasteiger charge is -2.18. The van der Waals surface area contributed by atoms with Crippen LogP contribution in [0.1, 0.15) is 38.2 Å². The van der Waals surface area contributed by atoms with E-state index >= 15 is 0 Å². The summed E-state index contributed by atoms with van der Waals surface area (Å²) in [4.78, 5) is 0. The van der Waals surface area contributed by atoms with Gasteiger partial charge in [0.1, 0.15) is 0 Å². The number of benzene rings is 1. The monoisotopic (exact) mass is 262 g/mol. The van der Waals surface area contributed by atoms with E-state index in [-0.39, 0.29) is 5.92 Å². The van der Waals surface area contributed by atoms with Gasteiger partial charge in [0.05, 0.1) is 21.3 Å². The van der Waals surface area contributed by atoms with Crippen LogP contribution in [0.15, 0.2) is 12.1 Å². The fourth-order valence-corrected chi connectivity index (χ4v) is 1.97. The summed E-state index contributed by atoms with van der Waals surface area (Å²) in [5.74, 6) is 8.59. The lowest BCUT2D eigenvalue weighted by Crippen LogP contribution is -2.01. The van der Waals surface area contributed by atoms with Gasteiger partial charge >= 0.3 is 0 Å². The first-order valence-corrected chi connectivity index (χ1v) is 6.44. The van der Waals surface area contributed by atoms with E-state index in [9.17, 15) is 0 Å². The van der Waals surface area contributed by atoms with E-state index in [0.717, 1.165) is 24.2 Å². The van der Waals surface area contributed by atoms with Crippen molar-refractivity contribution >= 4 is 0 Å². The van der Waals surface area contributed by atoms with Gasteiger partial charge in [0.15, 0.2) is 11.5 Å². The Bertz CT molecular complexity index is 469. The third-order valence-corrected chi connectivity index (χ3v) is 2.98. The summed E-state index contributed by atoms with van der Waals surface area (Å²) >= 11 is 0. The zero-order valence-electron chi connectivity index (χ0n) is 12.4. The molecule has 0 N–H and O–H groups in total. The van der Waals surface area contributed by atoms with Crippen molar-refractivity contribution in [3.8, 4) is 29.1 Å². The van der Waals surface area contributed by atoms with Gasteiger partial charge in [-0.3, -0.25) is 0 Å². The van der Waals surface area contributed by atoms with Crippen LogP contribution in [-0.2, 0) is 0 Å². The second-order valence-corrected chi connectivity index (χ2v) is 4.24. The lowest BCUT2D eigenvalue weighted by molar-refractivity contribution is 0.321. The average Bonchev–Trinajstić information content (AvgIpc) is 2.45. The van der Waals surface area contributed by atoms with Crippen LogP contribution >= 0.6 is 0 Å². The van der Waals surface area contributed by atoms with Crippen molar-refractivity contribution in [3.05, 3.63) is 17.7 Å². The Balaban J connectivity index is 3.13. The maximum absolute atomic E-state index is 5.48. The van der Waals surface area contributed by atoms with Gasteiger partial charge in [0.2, 0.25) is 5.75 Å². The fraction of sp³-hybridized carbons (Fsp3) is 0.500. The molecule has 19 heavy (non-hydrogen) atoms. The van der Waals surface area contributed by atoms with E-state index in [2.05, 4.69) is 25.7 Å². The van der Waals surface area contributed by atoms with Crippen LogP contribution in [0.5, 0.6) is 17.2 Å². The number of methoxy groups -OCH3 is 3. The molecule has 0 saturated carbocycles. The standard InChI is InChI=1S/C16H22O3/c1-6-7-8-9-12(2)13-10-11-14(17-3)16(19-5)15(13)18-4/h10-12H,6,9H2,1-5H3. The largest absolute Gasteiger partial charge is 0.493 e. The second-order valence-electron chi connectivity index (χ2n) is 4.24. The molecule has 0 radical (unpaired) electrons. The minimum atomic E-state index is 0.286. The van der Waals surface area contributed by atoms with Gasteiger partial charge < -0.3 is 14.2 Å². The molecule has 0 aliphatic rings. The van der Waals surface area contributed by atoms with Crippen LogP contribution in [0.2, 0.25) is 0 Å². The summed E-state index contributed by atoms with van der Waals surface area (Å²) in [6.07, 6.45) is 1.69. The molecule has 1 unspecified atom stereocenters. The van der Waals surface area contributed by atoms with E-state index in [0.29, 0.717) is 11.5 Å². The molecule has 3 heteroatoms. The highest BCUT2D eigenvalue weighted by Gasteiger charge is 2.19. The quantitative estimate of drug-likeness (QED) is 0.759. The molecular weight excluding hydrogens is 240 g/mol. The van der Waals surface area contributed by atoms with E-state index in [4.69, 9.17) is 14.2 Å². The third kappa shape index (κ3) is 3.57. The van der Waals surface area contributed by atoms with Crippen molar-refractivity contribution in [2.24, 2.45) is 0 Å². The Morgan fingerprint density at radius 2 is 1.68 bits per heavy atom. The molecule has 0 aliphatic heterocycles. The molecule has 0 aliphatic carbocycles. The number of ether oxygens (including phenoxy) is 3. The molecule has 0 fully saturated rings. The van der Waals surface area contributed by atoms with Gasteiger partial charge in [-0.25, -0.2) is 0 Å². The second kappa shape index (κ2) is 7.58. The average molecular weight is 262 g/mol. The van der Waals surface area contributed by atoms with E-state index < -0.39 is 0 Å². The first-order chi connectivity index (χ1) is 9.19. The van der Waals surface area contributed by atoms with Gasteiger partial charge in [-0.05, 0) is 12.0 Å². The molecule has 0 aromatic heterocycles. The van der Waals surface area contributed by atoms with Crippen molar-refractivity contribution in [2.45, 2.75) is 32.6 Å². The Labute approximate surface area is 115 Å².